The van der Waals surface area contributed by atoms with E-state index in [1.807, 2.05) is 41.3 Å². The summed E-state index contributed by atoms with van der Waals surface area (Å²) < 4.78 is 0. The fourth-order valence-corrected chi connectivity index (χ4v) is 2.65. The summed E-state index contributed by atoms with van der Waals surface area (Å²) in [6.07, 6.45) is 0.909. The van der Waals surface area contributed by atoms with Gasteiger partial charge in [-0.05, 0) is 35.2 Å². The number of hydrogen-bond acceptors (Lipinski definition) is 2. The number of anilines is 1. The van der Waals surface area contributed by atoms with Crippen LogP contribution in [-0.2, 0) is 19.5 Å². The number of rotatable bonds is 2. The van der Waals surface area contributed by atoms with Gasteiger partial charge in [-0.15, -0.1) is 0 Å². The van der Waals surface area contributed by atoms with Crippen molar-refractivity contribution in [3.63, 3.8) is 0 Å². The van der Waals surface area contributed by atoms with Gasteiger partial charge in [-0.1, -0.05) is 36.4 Å². The van der Waals surface area contributed by atoms with Crippen molar-refractivity contribution in [2.75, 3.05) is 11.9 Å². The molecule has 0 unspecified atom stereocenters. The van der Waals surface area contributed by atoms with E-state index in [9.17, 15) is 4.79 Å². The van der Waals surface area contributed by atoms with Gasteiger partial charge in [0.25, 0.3) is 0 Å². The van der Waals surface area contributed by atoms with Crippen LogP contribution in [0.3, 0.4) is 0 Å². The summed E-state index contributed by atoms with van der Waals surface area (Å²) in [7, 11) is 0. The summed E-state index contributed by atoms with van der Waals surface area (Å²) in [5.74, 6) is 0. The van der Waals surface area contributed by atoms with Crippen LogP contribution in [0.1, 0.15) is 16.7 Å². The van der Waals surface area contributed by atoms with Gasteiger partial charge < -0.3 is 16.0 Å². The lowest BCUT2D eigenvalue weighted by Crippen LogP contribution is -2.38. The zero-order chi connectivity index (χ0) is 14.7. The minimum absolute atomic E-state index is 0.0568. The van der Waals surface area contributed by atoms with Crippen molar-refractivity contribution in [1.29, 1.82) is 0 Å². The Morgan fingerprint density at radius 2 is 1.95 bits per heavy atom. The second kappa shape index (κ2) is 5.97. The quantitative estimate of drug-likeness (QED) is 0.889. The van der Waals surface area contributed by atoms with Crippen molar-refractivity contribution < 1.29 is 4.79 Å². The average molecular weight is 281 g/mol. The number of amides is 2. The Morgan fingerprint density at radius 1 is 1.14 bits per heavy atom. The summed E-state index contributed by atoms with van der Waals surface area (Å²) in [6.45, 7) is 1.89. The van der Waals surface area contributed by atoms with E-state index in [2.05, 4.69) is 17.4 Å². The van der Waals surface area contributed by atoms with Crippen molar-refractivity contribution in [3.05, 3.63) is 65.2 Å². The summed E-state index contributed by atoms with van der Waals surface area (Å²) in [5, 5.41) is 2.95. The number of nitrogens with one attached hydrogen (secondary N) is 1. The van der Waals surface area contributed by atoms with Gasteiger partial charge in [0.2, 0.25) is 0 Å². The number of benzene rings is 2. The molecule has 0 radical (unpaired) electrons. The lowest BCUT2D eigenvalue weighted by Gasteiger charge is -2.29. The van der Waals surface area contributed by atoms with Crippen LogP contribution in [0.15, 0.2) is 48.5 Å². The standard InChI is InChI=1S/C17H19N3O/c18-11-13-4-3-7-16(10-13)19-17(21)20-9-8-14-5-1-2-6-15(14)12-20/h1-7,10H,8-9,11-12,18H2,(H,19,21). The molecular weight excluding hydrogens is 262 g/mol. The van der Waals surface area contributed by atoms with Crippen molar-refractivity contribution in [3.8, 4) is 0 Å². The summed E-state index contributed by atoms with van der Waals surface area (Å²) in [5.41, 5.74) is 10.00. The Kier molecular flexibility index (Phi) is 3.88. The van der Waals surface area contributed by atoms with E-state index < -0.39 is 0 Å². The third-order valence-electron chi connectivity index (χ3n) is 3.83. The molecule has 21 heavy (non-hydrogen) atoms. The Hall–Kier alpha value is -2.33. The molecule has 0 atom stereocenters. The first-order chi connectivity index (χ1) is 10.3. The molecule has 0 aliphatic carbocycles. The lowest BCUT2D eigenvalue weighted by atomic mass is 10.0. The SMILES string of the molecule is NCc1cccc(NC(=O)N2CCc3ccccc3C2)c1. The second-order valence-electron chi connectivity index (χ2n) is 5.27. The van der Waals surface area contributed by atoms with E-state index in [1.54, 1.807) is 0 Å². The van der Waals surface area contributed by atoms with Crippen molar-refractivity contribution in [2.45, 2.75) is 19.5 Å². The van der Waals surface area contributed by atoms with Gasteiger partial charge in [0, 0.05) is 25.3 Å². The first kappa shape index (κ1) is 13.6. The third kappa shape index (κ3) is 3.06. The first-order valence-electron chi connectivity index (χ1n) is 7.18. The molecule has 3 rings (SSSR count). The van der Waals surface area contributed by atoms with E-state index >= 15 is 0 Å². The van der Waals surface area contributed by atoms with Gasteiger partial charge in [0.1, 0.15) is 0 Å². The average Bonchev–Trinajstić information content (AvgIpc) is 2.54. The van der Waals surface area contributed by atoms with E-state index in [-0.39, 0.29) is 6.03 Å². The fourth-order valence-electron chi connectivity index (χ4n) is 2.65. The largest absolute Gasteiger partial charge is 0.326 e. The summed E-state index contributed by atoms with van der Waals surface area (Å²) >= 11 is 0. The minimum atomic E-state index is -0.0568. The second-order valence-corrected chi connectivity index (χ2v) is 5.27. The molecule has 0 fully saturated rings. The maximum atomic E-state index is 12.4. The molecule has 1 aliphatic heterocycles. The fraction of sp³-hybridized carbons (Fsp3) is 0.235. The van der Waals surface area contributed by atoms with Gasteiger partial charge in [-0.2, -0.15) is 0 Å². The molecule has 4 heteroatoms. The van der Waals surface area contributed by atoms with Gasteiger partial charge in [-0.3, -0.25) is 0 Å². The highest BCUT2D eigenvalue weighted by molar-refractivity contribution is 5.89. The Labute approximate surface area is 124 Å². The molecule has 0 saturated carbocycles. The Balaban J connectivity index is 1.69. The van der Waals surface area contributed by atoms with Crippen LogP contribution < -0.4 is 11.1 Å². The van der Waals surface area contributed by atoms with E-state index in [0.29, 0.717) is 13.1 Å². The van der Waals surface area contributed by atoms with Crippen LogP contribution in [-0.4, -0.2) is 17.5 Å². The van der Waals surface area contributed by atoms with Crippen LogP contribution in [0.4, 0.5) is 10.5 Å². The Bertz CT molecular complexity index is 654. The molecule has 0 bridgehead atoms. The first-order valence-corrected chi connectivity index (χ1v) is 7.18. The lowest BCUT2D eigenvalue weighted by molar-refractivity contribution is 0.206. The molecule has 1 aliphatic rings. The smallest absolute Gasteiger partial charge is 0.322 e. The highest BCUT2D eigenvalue weighted by atomic mass is 16.2. The maximum absolute atomic E-state index is 12.4. The number of nitrogens with zero attached hydrogens (tertiary/aromatic N) is 1. The molecule has 2 aromatic carbocycles. The van der Waals surface area contributed by atoms with Gasteiger partial charge in [-0.25, -0.2) is 4.79 Å². The molecular formula is C17H19N3O. The van der Waals surface area contributed by atoms with Crippen LogP contribution in [0.2, 0.25) is 0 Å². The summed E-state index contributed by atoms with van der Waals surface area (Å²) in [6, 6.07) is 15.9. The number of fused-ring (bicyclic) bond motifs is 1. The molecule has 2 aromatic rings. The number of urea groups is 1. The van der Waals surface area contributed by atoms with Crippen LogP contribution >= 0.6 is 0 Å². The number of carbonyl (C=O) groups is 1. The van der Waals surface area contributed by atoms with Gasteiger partial charge >= 0.3 is 6.03 Å². The van der Waals surface area contributed by atoms with Gasteiger partial charge in [0.15, 0.2) is 0 Å². The van der Waals surface area contributed by atoms with Gasteiger partial charge in [0.05, 0.1) is 0 Å². The molecule has 0 saturated heterocycles. The van der Waals surface area contributed by atoms with Crippen LogP contribution in [0.5, 0.6) is 0 Å². The zero-order valence-electron chi connectivity index (χ0n) is 11.9. The molecule has 2 amide bonds. The monoisotopic (exact) mass is 281 g/mol. The Morgan fingerprint density at radius 3 is 2.76 bits per heavy atom. The van der Waals surface area contributed by atoms with Crippen molar-refractivity contribution in [1.82, 2.24) is 4.90 Å². The van der Waals surface area contributed by atoms with Crippen molar-refractivity contribution >= 4 is 11.7 Å². The van der Waals surface area contributed by atoms with E-state index in [0.717, 1.165) is 24.2 Å². The molecule has 0 aromatic heterocycles. The number of hydrogen-bond donors (Lipinski definition) is 2. The topological polar surface area (TPSA) is 58.4 Å². The van der Waals surface area contributed by atoms with Crippen molar-refractivity contribution in [2.24, 2.45) is 5.73 Å². The van der Waals surface area contributed by atoms with Crippen LogP contribution in [0.25, 0.3) is 0 Å². The number of nitrogens with two attached hydrogens (primary N) is 1. The molecule has 4 nitrogen and oxygen atoms in total. The molecule has 108 valence electrons. The number of carbonyl (C=O) groups excluding carboxylic acids is 1. The predicted molar refractivity (Wildman–Crippen MR) is 83.9 cm³/mol. The highest BCUT2D eigenvalue weighted by Crippen LogP contribution is 2.19. The minimum Gasteiger partial charge on any atom is -0.326 e. The molecule has 3 N–H and O–H groups in total. The van der Waals surface area contributed by atoms with E-state index in [4.69, 9.17) is 5.73 Å². The zero-order valence-corrected chi connectivity index (χ0v) is 11.9. The normalized spacial score (nSPS) is 13.7. The third-order valence-corrected chi connectivity index (χ3v) is 3.83. The maximum Gasteiger partial charge on any atom is 0.322 e. The highest BCUT2D eigenvalue weighted by Gasteiger charge is 2.20. The van der Waals surface area contributed by atoms with Crippen LogP contribution in [0, 0.1) is 0 Å². The molecule has 1 heterocycles. The predicted octanol–water partition coefficient (Wildman–Crippen LogP) is 2.74. The summed E-state index contributed by atoms with van der Waals surface area (Å²) in [4.78, 5) is 14.2. The molecule has 0 spiro atoms. The van der Waals surface area contributed by atoms with E-state index in [1.165, 1.54) is 11.1 Å².